The van der Waals surface area contributed by atoms with E-state index in [4.69, 9.17) is 0 Å². The second kappa shape index (κ2) is 7.21. The first kappa shape index (κ1) is 19.8. The van der Waals surface area contributed by atoms with Crippen molar-refractivity contribution < 1.29 is 23.1 Å². The number of thiazole rings is 1. The van der Waals surface area contributed by atoms with E-state index < -0.39 is 35.2 Å². The molecule has 2 heterocycles. The van der Waals surface area contributed by atoms with Gasteiger partial charge in [-0.25, -0.2) is 4.98 Å². The first-order valence-electron chi connectivity index (χ1n) is 8.07. The zero-order chi connectivity index (χ0) is 19.8. The van der Waals surface area contributed by atoms with Gasteiger partial charge in [-0.1, -0.05) is 18.2 Å². The molecule has 2 aromatic heterocycles. The molecule has 2 unspecified atom stereocenters. The van der Waals surface area contributed by atoms with Crippen LogP contribution in [0.1, 0.15) is 29.3 Å². The molecule has 0 aliphatic carbocycles. The van der Waals surface area contributed by atoms with Crippen molar-refractivity contribution in [3.8, 4) is 0 Å². The summed E-state index contributed by atoms with van der Waals surface area (Å²) in [6, 6.07) is 9.74. The van der Waals surface area contributed by atoms with E-state index in [0.29, 0.717) is 10.2 Å². The Morgan fingerprint density at radius 2 is 1.96 bits per heavy atom. The maximum Gasteiger partial charge on any atom is 0.424 e. The lowest BCUT2D eigenvalue weighted by molar-refractivity contribution is -0.268. The lowest BCUT2D eigenvalue weighted by Crippen LogP contribution is -2.46. The average Bonchev–Trinajstić information content (AvgIpc) is 3.28. The topological polar surface area (TPSA) is 53.4 Å². The Bertz CT molecular complexity index is 907. The van der Waals surface area contributed by atoms with E-state index in [1.807, 2.05) is 17.5 Å². The Balaban J connectivity index is 1.92. The van der Waals surface area contributed by atoms with Crippen molar-refractivity contribution in [3.63, 3.8) is 0 Å². The molecule has 0 aliphatic rings. The molecule has 3 aromatic rings. The minimum absolute atomic E-state index is 0.355. The average molecular weight is 414 g/mol. The van der Waals surface area contributed by atoms with Gasteiger partial charge in [0, 0.05) is 11.9 Å². The summed E-state index contributed by atoms with van der Waals surface area (Å²) in [6.45, 7) is 1.73. The molecular weight excluding hydrogens is 397 g/mol. The van der Waals surface area contributed by atoms with E-state index >= 15 is 0 Å². The van der Waals surface area contributed by atoms with Crippen molar-refractivity contribution in [3.05, 3.63) is 51.7 Å². The number of aliphatic hydroxyl groups is 1. The first-order valence-corrected chi connectivity index (χ1v) is 9.77. The fourth-order valence-corrected chi connectivity index (χ4v) is 4.53. The van der Waals surface area contributed by atoms with Gasteiger partial charge in [0.25, 0.3) is 0 Å². The molecule has 1 N–H and O–H groups in total. The predicted molar refractivity (Wildman–Crippen MR) is 99.7 cm³/mol. The number of aromatic nitrogens is 1. The normalized spacial score (nSPS) is 15.5. The van der Waals surface area contributed by atoms with Crippen molar-refractivity contribution in [1.82, 2.24) is 9.88 Å². The first-order chi connectivity index (χ1) is 12.6. The monoisotopic (exact) mass is 414 g/mol. The van der Waals surface area contributed by atoms with Gasteiger partial charge < -0.3 is 10.0 Å². The van der Waals surface area contributed by atoms with Gasteiger partial charge in [-0.05, 0) is 30.5 Å². The fourth-order valence-electron chi connectivity index (χ4n) is 2.63. The smallest absolute Gasteiger partial charge is 0.374 e. The summed E-state index contributed by atoms with van der Waals surface area (Å²) in [7, 11) is 1.43. The highest BCUT2D eigenvalue weighted by molar-refractivity contribution is 7.18. The summed E-state index contributed by atoms with van der Waals surface area (Å²) in [4.78, 5) is 18.6. The molecule has 0 fully saturated rings. The number of fused-ring (bicyclic) bond motifs is 1. The highest BCUT2D eigenvalue weighted by Gasteiger charge is 2.58. The van der Waals surface area contributed by atoms with Crippen LogP contribution in [0.2, 0.25) is 0 Å². The minimum atomic E-state index is -5.04. The number of para-hydroxylation sites is 1. The van der Waals surface area contributed by atoms with E-state index in [0.717, 1.165) is 16.2 Å². The molecule has 0 bridgehead atoms. The summed E-state index contributed by atoms with van der Waals surface area (Å²) in [5.41, 5.74) is -2.98. The molecule has 2 atom stereocenters. The molecule has 9 heteroatoms. The summed E-state index contributed by atoms with van der Waals surface area (Å²) < 4.78 is 41.8. The third-order valence-electron chi connectivity index (χ3n) is 4.45. The van der Waals surface area contributed by atoms with Gasteiger partial charge in [0.15, 0.2) is 0 Å². The summed E-state index contributed by atoms with van der Waals surface area (Å²) >= 11 is 2.15. The molecule has 0 aliphatic heterocycles. The van der Waals surface area contributed by atoms with Crippen LogP contribution in [0.15, 0.2) is 41.8 Å². The number of halogens is 3. The van der Waals surface area contributed by atoms with Gasteiger partial charge in [-0.15, -0.1) is 22.7 Å². The van der Waals surface area contributed by atoms with E-state index in [1.165, 1.54) is 23.3 Å². The van der Waals surface area contributed by atoms with Crippen LogP contribution in [-0.4, -0.2) is 34.1 Å². The fraction of sp³-hybridized carbons (Fsp3) is 0.333. The quantitative estimate of drug-likeness (QED) is 0.657. The highest BCUT2D eigenvalue weighted by Crippen LogP contribution is 2.44. The SMILES string of the molecule is CC(c1cccs1)N(C)C(=O)CC(O)(c1nc2ccccc2s1)C(F)(F)F. The maximum absolute atomic E-state index is 13.8. The third kappa shape index (κ3) is 3.71. The molecule has 144 valence electrons. The van der Waals surface area contributed by atoms with Crippen LogP contribution in [0.4, 0.5) is 13.2 Å². The van der Waals surface area contributed by atoms with Gasteiger partial charge in [-0.2, -0.15) is 13.2 Å². The number of hydrogen-bond donors (Lipinski definition) is 1. The van der Waals surface area contributed by atoms with Crippen LogP contribution in [0, 0.1) is 0 Å². The molecule has 0 radical (unpaired) electrons. The molecule has 0 saturated carbocycles. The number of thiophene rings is 1. The Morgan fingerprint density at radius 1 is 1.26 bits per heavy atom. The van der Waals surface area contributed by atoms with Gasteiger partial charge >= 0.3 is 6.18 Å². The highest BCUT2D eigenvalue weighted by atomic mass is 32.1. The lowest BCUT2D eigenvalue weighted by Gasteiger charge is -2.31. The number of hydrogen-bond acceptors (Lipinski definition) is 5. The number of carbonyl (C=O) groups is 1. The number of rotatable bonds is 5. The third-order valence-corrected chi connectivity index (χ3v) is 6.68. The van der Waals surface area contributed by atoms with E-state index in [-0.39, 0.29) is 0 Å². The molecule has 1 amide bonds. The second-order valence-electron chi connectivity index (χ2n) is 6.22. The molecule has 3 rings (SSSR count). The summed E-state index contributed by atoms with van der Waals surface area (Å²) in [5, 5.41) is 11.8. The lowest BCUT2D eigenvalue weighted by atomic mass is 9.98. The van der Waals surface area contributed by atoms with Crippen molar-refractivity contribution in [2.24, 2.45) is 0 Å². The van der Waals surface area contributed by atoms with Crippen LogP contribution < -0.4 is 0 Å². The molecule has 0 saturated heterocycles. The van der Waals surface area contributed by atoms with Crippen molar-refractivity contribution in [1.29, 1.82) is 0 Å². The Hall–Kier alpha value is -1.97. The zero-order valence-electron chi connectivity index (χ0n) is 14.5. The number of amides is 1. The van der Waals surface area contributed by atoms with Crippen LogP contribution in [0.25, 0.3) is 10.2 Å². The van der Waals surface area contributed by atoms with Crippen LogP contribution in [0.3, 0.4) is 0 Å². The Labute approximate surface area is 161 Å². The maximum atomic E-state index is 13.8. The summed E-state index contributed by atoms with van der Waals surface area (Å²) in [6.07, 6.45) is -6.16. The van der Waals surface area contributed by atoms with E-state index in [9.17, 15) is 23.1 Å². The Kier molecular flexibility index (Phi) is 5.29. The molecule has 27 heavy (non-hydrogen) atoms. The van der Waals surface area contributed by atoms with Crippen LogP contribution in [-0.2, 0) is 10.4 Å². The van der Waals surface area contributed by atoms with Crippen molar-refractivity contribution >= 4 is 38.8 Å². The number of carbonyl (C=O) groups excluding carboxylic acids is 1. The molecule has 0 spiro atoms. The van der Waals surface area contributed by atoms with Crippen molar-refractivity contribution in [2.45, 2.75) is 31.2 Å². The summed E-state index contributed by atoms with van der Waals surface area (Å²) in [5.74, 6) is -0.810. The second-order valence-corrected chi connectivity index (χ2v) is 8.23. The molecule has 4 nitrogen and oxygen atoms in total. The van der Waals surface area contributed by atoms with Gasteiger partial charge in [0.05, 0.1) is 22.7 Å². The number of nitrogens with zero attached hydrogens (tertiary/aromatic N) is 2. The van der Waals surface area contributed by atoms with Crippen LogP contribution >= 0.6 is 22.7 Å². The number of benzene rings is 1. The van der Waals surface area contributed by atoms with Gasteiger partial charge in [-0.3, -0.25) is 4.79 Å². The largest absolute Gasteiger partial charge is 0.424 e. The standard InChI is InChI=1S/C18H17F3N2O2S2/c1-11(13-8-5-9-26-13)23(2)15(24)10-17(25,18(19,20)21)16-22-12-6-3-4-7-14(12)27-16/h3-9,11,25H,10H2,1-2H3. The van der Waals surface area contributed by atoms with E-state index in [2.05, 4.69) is 4.98 Å². The zero-order valence-corrected chi connectivity index (χ0v) is 16.2. The van der Waals surface area contributed by atoms with Gasteiger partial charge in [0.1, 0.15) is 5.01 Å². The van der Waals surface area contributed by atoms with Gasteiger partial charge in [0.2, 0.25) is 11.5 Å². The number of alkyl halides is 3. The van der Waals surface area contributed by atoms with Crippen LogP contribution in [0.5, 0.6) is 0 Å². The molecule has 1 aromatic carbocycles. The minimum Gasteiger partial charge on any atom is -0.374 e. The van der Waals surface area contributed by atoms with E-state index in [1.54, 1.807) is 31.2 Å². The predicted octanol–water partition coefficient (Wildman–Crippen LogP) is 4.72. The molecular formula is C18H17F3N2O2S2. The Morgan fingerprint density at radius 3 is 2.56 bits per heavy atom. The van der Waals surface area contributed by atoms with Crippen molar-refractivity contribution in [2.75, 3.05) is 7.05 Å².